The van der Waals surface area contributed by atoms with Gasteiger partial charge in [-0.3, -0.25) is 14.4 Å². The van der Waals surface area contributed by atoms with Gasteiger partial charge in [0.15, 0.2) is 5.78 Å². The quantitative estimate of drug-likeness (QED) is 0.375. The predicted molar refractivity (Wildman–Crippen MR) is 82.5 cm³/mol. The van der Waals surface area contributed by atoms with E-state index in [1.807, 2.05) is 0 Å². The van der Waals surface area contributed by atoms with E-state index in [0.29, 0.717) is 22.5 Å². The van der Waals surface area contributed by atoms with Gasteiger partial charge in [-0.15, -0.1) is 0 Å². The largest absolute Gasteiger partial charge is 0.471 e. The molecule has 23 heavy (non-hydrogen) atoms. The fourth-order valence-electron chi connectivity index (χ4n) is 2.18. The van der Waals surface area contributed by atoms with Gasteiger partial charge in [-0.05, 0) is 32.4 Å². The van der Waals surface area contributed by atoms with Gasteiger partial charge in [0.25, 0.3) is 5.70 Å². The van der Waals surface area contributed by atoms with E-state index in [1.165, 1.54) is 20.1 Å². The van der Waals surface area contributed by atoms with E-state index in [0.717, 1.165) is 0 Å². The summed E-state index contributed by atoms with van der Waals surface area (Å²) in [5.41, 5.74) is 1.41. The van der Waals surface area contributed by atoms with Crippen molar-refractivity contribution in [2.24, 2.45) is 0 Å². The molecule has 0 unspecified atom stereocenters. The summed E-state index contributed by atoms with van der Waals surface area (Å²) in [6, 6.07) is 0. The molecule has 1 N–H and O–H groups in total. The molecule has 0 aliphatic rings. The highest BCUT2D eigenvalue weighted by atomic mass is 16.5. The fraction of sp³-hybridized carbons (Fsp3) is 0.375. The van der Waals surface area contributed by atoms with Gasteiger partial charge in [0, 0.05) is 17.0 Å². The molecule has 0 radical (unpaired) electrons. The Morgan fingerprint density at radius 1 is 1.35 bits per heavy atom. The lowest BCUT2D eigenvalue weighted by atomic mass is 10.0. The molecule has 1 rings (SSSR count). The third kappa shape index (κ3) is 4.30. The number of nitrogens with one attached hydrogen (secondary N) is 1. The molecule has 7 heteroatoms. The van der Waals surface area contributed by atoms with Crippen LogP contribution in [0.4, 0.5) is 0 Å². The van der Waals surface area contributed by atoms with Crippen molar-refractivity contribution in [1.29, 1.82) is 0 Å². The Hall–Kier alpha value is -2.88. The van der Waals surface area contributed by atoms with Gasteiger partial charge in [-0.1, -0.05) is 0 Å². The van der Waals surface area contributed by atoms with Crippen molar-refractivity contribution in [1.82, 2.24) is 4.98 Å². The van der Waals surface area contributed by atoms with E-state index in [4.69, 9.17) is 11.3 Å². The summed E-state index contributed by atoms with van der Waals surface area (Å²) >= 11 is 0. The van der Waals surface area contributed by atoms with Crippen molar-refractivity contribution in [2.75, 3.05) is 13.7 Å². The second kappa shape index (κ2) is 7.94. The van der Waals surface area contributed by atoms with Gasteiger partial charge in [0.05, 0.1) is 26.7 Å². The van der Waals surface area contributed by atoms with Crippen molar-refractivity contribution in [3.05, 3.63) is 39.6 Å². The Morgan fingerprint density at radius 2 is 2.00 bits per heavy atom. The lowest BCUT2D eigenvalue weighted by molar-refractivity contribution is -0.140. The van der Waals surface area contributed by atoms with Crippen LogP contribution >= 0.6 is 0 Å². The third-order valence-corrected chi connectivity index (χ3v) is 3.11. The Morgan fingerprint density at radius 3 is 2.48 bits per heavy atom. The number of methoxy groups -OCH3 is 1. The Bertz CT molecular complexity index is 707. The lowest BCUT2D eigenvalue weighted by Crippen LogP contribution is -2.09. The average molecular weight is 318 g/mol. The van der Waals surface area contributed by atoms with Crippen LogP contribution in [0.15, 0.2) is 5.70 Å². The average Bonchev–Trinajstić information content (AvgIpc) is 2.80. The maximum Gasteiger partial charge on any atom is 0.336 e. The maximum atomic E-state index is 11.8. The molecule has 0 bridgehead atoms. The number of aromatic amines is 1. The topological polar surface area (TPSA) is 89.8 Å². The first-order chi connectivity index (χ1) is 10.8. The fourth-order valence-corrected chi connectivity index (χ4v) is 2.18. The first-order valence-corrected chi connectivity index (χ1v) is 6.91. The summed E-state index contributed by atoms with van der Waals surface area (Å²) in [5, 5.41) is 0. The van der Waals surface area contributed by atoms with E-state index in [2.05, 4.69) is 14.6 Å². The second-order valence-corrected chi connectivity index (χ2v) is 4.69. The molecule has 7 nitrogen and oxygen atoms in total. The normalized spacial score (nSPS) is 10.8. The van der Waals surface area contributed by atoms with Crippen LogP contribution in [0.5, 0.6) is 0 Å². The summed E-state index contributed by atoms with van der Waals surface area (Å²) in [6.07, 6.45) is 1.14. The minimum Gasteiger partial charge on any atom is -0.471 e. The molecule has 0 saturated heterocycles. The SMILES string of the molecule is [C-]#[N+]C(=Cc1[nH]c(C)c(C(C)=O)c1CC(=O)OC)C(=O)OCC. The number of hydrogen-bond acceptors (Lipinski definition) is 5. The molecular formula is C16H18N2O5. The molecule has 122 valence electrons. The number of rotatable bonds is 6. The Balaban J connectivity index is 3.43. The number of ether oxygens (including phenoxy) is 2. The number of ketones is 1. The molecule has 1 aromatic rings. The highest BCUT2D eigenvalue weighted by Crippen LogP contribution is 2.23. The minimum absolute atomic E-state index is 0.142. The maximum absolute atomic E-state index is 11.8. The van der Waals surface area contributed by atoms with E-state index in [1.54, 1.807) is 13.8 Å². The van der Waals surface area contributed by atoms with Crippen molar-refractivity contribution < 1.29 is 23.9 Å². The van der Waals surface area contributed by atoms with Crippen LogP contribution in [-0.4, -0.2) is 36.4 Å². The van der Waals surface area contributed by atoms with Crippen molar-refractivity contribution in [3.63, 3.8) is 0 Å². The molecule has 0 aliphatic carbocycles. The number of Topliss-reactive ketones (excluding diaryl/α,β-unsaturated/α-hetero) is 1. The van der Waals surface area contributed by atoms with Gasteiger partial charge in [-0.25, -0.2) is 4.85 Å². The number of H-pyrrole nitrogens is 1. The van der Waals surface area contributed by atoms with Crippen LogP contribution in [0, 0.1) is 13.5 Å². The number of hydrogen-bond donors (Lipinski definition) is 1. The number of aryl methyl sites for hydroxylation is 1. The molecule has 0 saturated carbocycles. The number of nitrogens with zero attached hydrogens (tertiary/aromatic N) is 1. The molecule has 1 heterocycles. The summed E-state index contributed by atoms with van der Waals surface area (Å²) in [4.78, 5) is 41.2. The molecule has 0 fully saturated rings. The van der Waals surface area contributed by atoms with Crippen LogP contribution in [0.1, 0.15) is 41.2 Å². The van der Waals surface area contributed by atoms with E-state index >= 15 is 0 Å². The van der Waals surface area contributed by atoms with Gasteiger partial charge in [0.2, 0.25) is 0 Å². The second-order valence-electron chi connectivity index (χ2n) is 4.69. The molecule has 0 amide bonds. The van der Waals surface area contributed by atoms with Gasteiger partial charge < -0.3 is 14.5 Å². The Kier molecular flexibility index (Phi) is 6.27. The lowest BCUT2D eigenvalue weighted by Gasteiger charge is -2.04. The van der Waals surface area contributed by atoms with Crippen molar-refractivity contribution in [3.8, 4) is 0 Å². The van der Waals surface area contributed by atoms with Crippen LogP contribution in [0.3, 0.4) is 0 Å². The molecule has 0 spiro atoms. The van der Waals surface area contributed by atoms with Gasteiger partial charge in [-0.2, -0.15) is 0 Å². The molecular weight excluding hydrogens is 300 g/mol. The van der Waals surface area contributed by atoms with Crippen molar-refractivity contribution in [2.45, 2.75) is 27.2 Å². The smallest absolute Gasteiger partial charge is 0.336 e. The summed E-state index contributed by atoms with van der Waals surface area (Å²) in [5.74, 6) is -1.51. The highest BCUT2D eigenvalue weighted by Gasteiger charge is 2.21. The number of carbonyl (C=O) groups is 3. The Labute approximate surface area is 134 Å². The van der Waals surface area contributed by atoms with Crippen molar-refractivity contribution >= 4 is 23.8 Å². The zero-order valence-corrected chi connectivity index (χ0v) is 13.5. The standard InChI is InChI=1S/C16H18N2O5/c1-6-23-16(21)13(17-4)8-12-11(7-14(20)22-5)15(10(3)19)9(2)18-12/h8,18H,6-7H2,1-3,5H3. The molecule has 0 aliphatic heterocycles. The first-order valence-electron chi connectivity index (χ1n) is 6.91. The molecule has 1 aromatic heterocycles. The van der Waals surface area contributed by atoms with Crippen LogP contribution in [0.25, 0.3) is 10.9 Å². The van der Waals surface area contributed by atoms with Gasteiger partial charge in [0.1, 0.15) is 0 Å². The summed E-state index contributed by atoms with van der Waals surface area (Å²) < 4.78 is 9.43. The van der Waals surface area contributed by atoms with E-state index < -0.39 is 11.9 Å². The summed E-state index contributed by atoms with van der Waals surface area (Å²) in [6.45, 7) is 11.9. The van der Waals surface area contributed by atoms with Crippen LogP contribution in [0.2, 0.25) is 0 Å². The number of carbonyl (C=O) groups excluding carboxylic acids is 3. The zero-order chi connectivity index (χ0) is 17.6. The van der Waals surface area contributed by atoms with E-state index in [9.17, 15) is 14.4 Å². The first kappa shape index (κ1) is 18.2. The zero-order valence-electron chi connectivity index (χ0n) is 13.5. The van der Waals surface area contributed by atoms with E-state index in [-0.39, 0.29) is 24.5 Å². The van der Waals surface area contributed by atoms with Crippen LogP contribution in [-0.2, 0) is 25.5 Å². The molecule has 0 aromatic carbocycles. The van der Waals surface area contributed by atoms with Gasteiger partial charge >= 0.3 is 11.9 Å². The highest BCUT2D eigenvalue weighted by molar-refractivity contribution is 6.00. The third-order valence-electron chi connectivity index (χ3n) is 3.11. The predicted octanol–water partition coefficient (Wildman–Crippen LogP) is 2.06. The number of aromatic nitrogens is 1. The van der Waals surface area contributed by atoms with Crippen LogP contribution < -0.4 is 0 Å². The monoisotopic (exact) mass is 318 g/mol. The minimum atomic E-state index is -0.761. The number of esters is 2. The summed E-state index contributed by atoms with van der Waals surface area (Å²) in [7, 11) is 1.24. The molecule has 0 atom stereocenters.